The number of nitrogens with zero attached hydrogens (tertiary/aromatic N) is 3. The normalized spacial score (nSPS) is 10.9. The number of rotatable bonds is 3. The molecule has 0 atom stereocenters. The highest BCUT2D eigenvalue weighted by Gasteiger charge is 2.14. The summed E-state index contributed by atoms with van der Waals surface area (Å²) in [5.41, 5.74) is 5.79. The SMILES string of the molecule is Cc1nc2ccc(C(=O)Nc3nc(C)c(-c4ccccc4)s3)cc2nc1C. The number of hydrogen-bond acceptors (Lipinski definition) is 5. The second kappa shape index (κ2) is 6.89. The third kappa shape index (κ3) is 3.44. The monoisotopic (exact) mass is 374 g/mol. The van der Waals surface area contributed by atoms with Crippen molar-refractivity contribution < 1.29 is 4.79 Å². The van der Waals surface area contributed by atoms with E-state index >= 15 is 0 Å². The van der Waals surface area contributed by atoms with Crippen LogP contribution < -0.4 is 5.32 Å². The number of fused-ring (bicyclic) bond motifs is 1. The first-order chi connectivity index (χ1) is 13.0. The molecule has 27 heavy (non-hydrogen) atoms. The highest BCUT2D eigenvalue weighted by Crippen LogP contribution is 2.32. The average molecular weight is 374 g/mol. The van der Waals surface area contributed by atoms with E-state index in [4.69, 9.17) is 0 Å². The molecule has 1 N–H and O–H groups in total. The van der Waals surface area contributed by atoms with Gasteiger partial charge in [-0.15, -0.1) is 0 Å². The smallest absolute Gasteiger partial charge is 0.257 e. The number of carbonyl (C=O) groups excluding carboxylic acids is 1. The van der Waals surface area contributed by atoms with Crippen LogP contribution in [0.3, 0.4) is 0 Å². The summed E-state index contributed by atoms with van der Waals surface area (Å²) in [4.78, 5) is 27.3. The summed E-state index contributed by atoms with van der Waals surface area (Å²) in [6.07, 6.45) is 0. The van der Waals surface area contributed by atoms with Gasteiger partial charge in [0.25, 0.3) is 5.91 Å². The second-order valence-corrected chi connectivity index (χ2v) is 7.35. The molecule has 0 saturated heterocycles. The third-order valence-corrected chi connectivity index (χ3v) is 5.51. The van der Waals surface area contributed by atoms with Gasteiger partial charge in [-0.1, -0.05) is 41.7 Å². The van der Waals surface area contributed by atoms with Crippen LogP contribution >= 0.6 is 11.3 Å². The van der Waals surface area contributed by atoms with Gasteiger partial charge in [0.05, 0.1) is 33.0 Å². The Bertz CT molecular complexity index is 1150. The van der Waals surface area contributed by atoms with Crippen LogP contribution in [0, 0.1) is 20.8 Å². The number of hydrogen-bond donors (Lipinski definition) is 1. The summed E-state index contributed by atoms with van der Waals surface area (Å²) in [6, 6.07) is 15.4. The van der Waals surface area contributed by atoms with E-state index in [1.807, 2.05) is 57.2 Å². The molecule has 4 rings (SSSR count). The number of anilines is 1. The molecule has 0 aliphatic carbocycles. The van der Waals surface area contributed by atoms with E-state index in [9.17, 15) is 4.79 Å². The molecule has 1 amide bonds. The summed E-state index contributed by atoms with van der Waals surface area (Å²) in [5.74, 6) is -0.203. The number of nitrogens with one attached hydrogen (secondary N) is 1. The van der Waals surface area contributed by atoms with Gasteiger partial charge in [-0.05, 0) is 44.5 Å². The Labute approximate surface area is 161 Å². The molecule has 4 aromatic rings. The number of aromatic nitrogens is 3. The lowest BCUT2D eigenvalue weighted by molar-refractivity contribution is 0.102. The second-order valence-electron chi connectivity index (χ2n) is 6.35. The minimum atomic E-state index is -0.203. The molecule has 6 heteroatoms. The molecule has 134 valence electrons. The number of benzene rings is 2. The largest absolute Gasteiger partial charge is 0.298 e. The molecule has 2 heterocycles. The molecular weight excluding hydrogens is 356 g/mol. The molecule has 0 saturated carbocycles. The van der Waals surface area contributed by atoms with Crippen molar-refractivity contribution in [2.24, 2.45) is 0 Å². The molecule has 0 unspecified atom stereocenters. The van der Waals surface area contributed by atoms with E-state index < -0.39 is 0 Å². The van der Waals surface area contributed by atoms with Crippen LogP contribution in [0.25, 0.3) is 21.5 Å². The molecule has 5 nitrogen and oxygen atoms in total. The minimum absolute atomic E-state index is 0.203. The summed E-state index contributed by atoms with van der Waals surface area (Å²) in [7, 11) is 0. The maximum atomic E-state index is 12.7. The summed E-state index contributed by atoms with van der Waals surface area (Å²) in [5, 5.41) is 3.49. The summed E-state index contributed by atoms with van der Waals surface area (Å²) < 4.78 is 0. The Kier molecular flexibility index (Phi) is 4.41. The average Bonchev–Trinajstić information content (AvgIpc) is 3.03. The topological polar surface area (TPSA) is 67.8 Å². The fourth-order valence-electron chi connectivity index (χ4n) is 2.85. The fraction of sp³-hybridized carbons (Fsp3) is 0.143. The Morgan fingerprint density at radius 1 is 0.852 bits per heavy atom. The number of aryl methyl sites for hydroxylation is 3. The number of carbonyl (C=O) groups is 1. The van der Waals surface area contributed by atoms with E-state index in [0.29, 0.717) is 16.2 Å². The van der Waals surface area contributed by atoms with Gasteiger partial charge in [0, 0.05) is 5.56 Å². The van der Waals surface area contributed by atoms with Crippen molar-refractivity contribution >= 4 is 33.4 Å². The van der Waals surface area contributed by atoms with Gasteiger partial charge >= 0.3 is 0 Å². The van der Waals surface area contributed by atoms with Gasteiger partial charge in [0.1, 0.15) is 0 Å². The molecule has 0 aliphatic rings. The lowest BCUT2D eigenvalue weighted by atomic mass is 10.1. The highest BCUT2D eigenvalue weighted by atomic mass is 32.1. The first-order valence-corrected chi connectivity index (χ1v) is 9.42. The van der Waals surface area contributed by atoms with Gasteiger partial charge < -0.3 is 0 Å². The molecule has 0 spiro atoms. The van der Waals surface area contributed by atoms with Gasteiger partial charge in [-0.2, -0.15) is 0 Å². The zero-order valence-electron chi connectivity index (χ0n) is 15.3. The molecule has 0 aliphatic heterocycles. The zero-order valence-corrected chi connectivity index (χ0v) is 16.1. The predicted molar refractivity (Wildman–Crippen MR) is 109 cm³/mol. The van der Waals surface area contributed by atoms with E-state index in [1.54, 1.807) is 12.1 Å². The van der Waals surface area contributed by atoms with Crippen LogP contribution in [0.15, 0.2) is 48.5 Å². The number of amides is 1. The highest BCUT2D eigenvalue weighted by molar-refractivity contribution is 7.19. The van der Waals surface area contributed by atoms with Gasteiger partial charge in [-0.3, -0.25) is 10.1 Å². The van der Waals surface area contributed by atoms with Crippen molar-refractivity contribution in [1.82, 2.24) is 15.0 Å². The Hall–Kier alpha value is -3.12. The van der Waals surface area contributed by atoms with Crippen LogP contribution in [-0.2, 0) is 0 Å². The molecule has 0 fully saturated rings. The van der Waals surface area contributed by atoms with E-state index in [0.717, 1.165) is 33.0 Å². The van der Waals surface area contributed by atoms with Crippen LogP contribution in [0.1, 0.15) is 27.4 Å². The minimum Gasteiger partial charge on any atom is -0.298 e. The van der Waals surface area contributed by atoms with E-state index in [-0.39, 0.29) is 5.91 Å². The first kappa shape index (κ1) is 17.3. The van der Waals surface area contributed by atoms with Crippen LogP contribution in [0.2, 0.25) is 0 Å². The molecule has 0 bridgehead atoms. The van der Waals surface area contributed by atoms with Crippen molar-refractivity contribution in [3.63, 3.8) is 0 Å². The van der Waals surface area contributed by atoms with Crippen molar-refractivity contribution in [3.8, 4) is 10.4 Å². The van der Waals surface area contributed by atoms with Crippen LogP contribution in [0.4, 0.5) is 5.13 Å². The van der Waals surface area contributed by atoms with E-state index in [1.165, 1.54) is 11.3 Å². The number of thiazole rings is 1. The lowest BCUT2D eigenvalue weighted by Crippen LogP contribution is -2.11. The van der Waals surface area contributed by atoms with Gasteiger partial charge in [0.15, 0.2) is 5.13 Å². The van der Waals surface area contributed by atoms with Crippen molar-refractivity contribution in [2.75, 3.05) is 5.32 Å². The summed E-state index contributed by atoms with van der Waals surface area (Å²) >= 11 is 1.47. The molecule has 2 aromatic heterocycles. The maximum Gasteiger partial charge on any atom is 0.257 e. The van der Waals surface area contributed by atoms with E-state index in [2.05, 4.69) is 20.3 Å². The molecular formula is C21H18N4OS. The van der Waals surface area contributed by atoms with Gasteiger partial charge in [-0.25, -0.2) is 15.0 Å². The predicted octanol–water partition coefficient (Wildman–Crippen LogP) is 4.93. The lowest BCUT2D eigenvalue weighted by Gasteiger charge is -2.05. The van der Waals surface area contributed by atoms with Gasteiger partial charge in [0.2, 0.25) is 0 Å². The quantitative estimate of drug-likeness (QED) is 0.552. The standard InChI is InChI=1S/C21H18N4OS/c1-12-13(2)23-18-11-16(9-10-17(18)22-12)20(26)25-21-24-14(3)19(27-21)15-7-5-4-6-8-15/h4-11H,1-3H3,(H,24,25,26). The first-order valence-electron chi connectivity index (χ1n) is 8.60. The van der Waals surface area contributed by atoms with Crippen molar-refractivity contribution in [1.29, 1.82) is 0 Å². The van der Waals surface area contributed by atoms with Crippen LogP contribution in [0.5, 0.6) is 0 Å². The molecule has 0 radical (unpaired) electrons. The summed E-state index contributed by atoms with van der Waals surface area (Å²) in [6.45, 7) is 5.79. The zero-order chi connectivity index (χ0) is 19.0. The van der Waals surface area contributed by atoms with Crippen LogP contribution in [-0.4, -0.2) is 20.9 Å². The van der Waals surface area contributed by atoms with Crippen molar-refractivity contribution in [2.45, 2.75) is 20.8 Å². The Morgan fingerprint density at radius 2 is 1.56 bits per heavy atom. The van der Waals surface area contributed by atoms with Crippen molar-refractivity contribution in [3.05, 3.63) is 71.2 Å². The Balaban J connectivity index is 1.61. The maximum absolute atomic E-state index is 12.7. The molecule has 2 aromatic carbocycles. The fourth-order valence-corrected chi connectivity index (χ4v) is 3.82. The third-order valence-electron chi connectivity index (χ3n) is 4.39. The Morgan fingerprint density at radius 3 is 2.30 bits per heavy atom.